The highest BCUT2D eigenvalue weighted by atomic mass is 35.5. The van der Waals surface area contributed by atoms with E-state index in [4.69, 9.17) is 81.5 Å². The van der Waals surface area contributed by atoms with Crippen LogP contribution < -0.4 is 20.9 Å². The van der Waals surface area contributed by atoms with E-state index >= 15 is 0 Å². The largest absolute Gasteiger partial charge is 0.447 e. The summed E-state index contributed by atoms with van der Waals surface area (Å²) in [6.07, 6.45) is -29.6. The summed E-state index contributed by atoms with van der Waals surface area (Å²) >= 11 is 11.1. The van der Waals surface area contributed by atoms with Gasteiger partial charge in [-0.2, -0.15) is 28.7 Å². The van der Waals surface area contributed by atoms with E-state index in [0.29, 0.717) is 0 Å². The smallest absolute Gasteiger partial charge is 0.324 e. The zero-order valence-corrected chi connectivity index (χ0v) is 29.6. The van der Waals surface area contributed by atoms with Gasteiger partial charge in [0.25, 0.3) is 0 Å². The predicted octanol–water partition coefficient (Wildman–Crippen LogP) is -9.27. The van der Waals surface area contributed by atoms with Crippen molar-refractivity contribution in [3.05, 3.63) is 22.1 Å². The highest BCUT2D eigenvalue weighted by Crippen LogP contribution is 2.30. The van der Waals surface area contributed by atoms with Crippen molar-refractivity contribution in [2.75, 3.05) is 31.3 Å². The lowest BCUT2D eigenvalue weighted by Crippen LogP contribution is -2.51. The van der Waals surface area contributed by atoms with Crippen LogP contribution >= 0.6 is 23.2 Å². The van der Waals surface area contributed by atoms with E-state index < -0.39 is 158 Å². The third kappa shape index (κ3) is 16.9. The van der Waals surface area contributed by atoms with Crippen molar-refractivity contribution in [3.63, 3.8) is 0 Å². The van der Waals surface area contributed by atoms with E-state index in [1.54, 1.807) is 11.5 Å². The molecule has 56 heavy (non-hydrogen) atoms. The van der Waals surface area contributed by atoms with Crippen molar-refractivity contribution in [2.45, 2.75) is 92.4 Å². The fourth-order valence-corrected chi connectivity index (χ4v) is 3.63. The first-order chi connectivity index (χ1) is 26.9. The number of aromatic nitrogens is 4. The summed E-state index contributed by atoms with van der Waals surface area (Å²) in [6.45, 7) is -2.65. The molecule has 0 aliphatic rings. The van der Waals surface area contributed by atoms with E-state index in [-0.39, 0.29) is 0 Å². The van der Waals surface area contributed by atoms with E-state index in [1.807, 2.05) is 0 Å². The maximum Gasteiger partial charge on any atom is 0.324 e. The molecule has 0 saturated heterocycles. The second-order valence-corrected chi connectivity index (χ2v) is 11.7. The van der Waals surface area contributed by atoms with Crippen LogP contribution in [0.5, 0.6) is 11.9 Å². The van der Waals surface area contributed by atoms with Crippen molar-refractivity contribution in [3.8, 4) is 11.9 Å². The van der Waals surface area contributed by atoms with Crippen molar-refractivity contribution >= 4 is 34.8 Å². The number of nitrogens with zero attached hydrogens (tertiary/aromatic N) is 4. The number of anilines is 2. The van der Waals surface area contributed by atoms with Crippen molar-refractivity contribution in [1.29, 1.82) is 0 Å². The minimum atomic E-state index is -2.33. The SMILES string of the molecule is OCC(O)[C@H](O)[C@H](O)C(O)C(O)O.[2H]Nc1nc(F)nc(F)c1Cl.[2H]Nc1nc(OC(O)C(O)[C@H](O)[C@H](O)C(O)CO)nc(OC(O)CC(O)[C@H](O)C(O)CO)c1Cl. The number of nitrogens with two attached hydrogens (primary N) is 2. The summed E-state index contributed by atoms with van der Waals surface area (Å²) in [7, 11) is 0. The van der Waals surface area contributed by atoms with Gasteiger partial charge in [0.05, 0.1) is 25.9 Å². The molecule has 30 heteroatoms. The molecule has 0 aromatic carbocycles. The Kier molecular flexibility index (Phi) is 22.4. The fraction of sp³-hybridized carbons (Fsp3) is 0.692. The monoisotopic (exact) mass is 870 g/mol. The Labute approximate surface area is 325 Å². The quantitative estimate of drug-likeness (QED) is 0.0315. The van der Waals surface area contributed by atoms with Crippen molar-refractivity contribution < 1.29 is 113 Å². The number of hydrogen-bond acceptors (Lipinski definition) is 26. The Hall–Kier alpha value is -2.92. The molecule has 0 fully saturated rings. The second kappa shape index (κ2) is 25.4. The van der Waals surface area contributed by atoms with Gasteiger partial charge in [-0.15, -0.1) is 0 Å². The van der Waals surface area contributed by atoms with Gasteiger partial charge in [-0.25, -0.2) is 0 Å². The first-order valence-electron chi connectivity index (χ1n) is 16.1. The number of rotatable bonds is 21. The van der Waals surface area contributed by atoms with Gasteiger partial charge in [-0.1, -0.05) is 23.2 Å². The molecule has 26 nitrogen and oxygen atoms in total. The van der Waals surface area contributed by atoms with Crippen LogP contribution in [0.1, 0.15) is 6.42 Å². The molecule has 13 atom stereocenters. The van der Waals surface area contributed by atoms with Crippen LogP contribution in [-0.2, 0) is 0 Å². The minimum Gasteiger partial charge on any atom is -0.447 e. The van der Waals surface area contributed by atoms with Crippen LogP contribution in [0.4, 0.5) is 20.4 Å². The Balaban J connectivity index is 0.00000109. The van der Waals surface area contributed by atoms with Gasteiger partial charge in [0.1, 0.15) is 71.1 Å². The number of ether oxygens (including phenoxy) is 2. The van der Waals surface area contributed by atoms with Gasteiger partial charge in [0, 0.05) is 6.42 Å². The van der Waals surface area contributed by atoms with Gasteiger partial charge in [-0.3, -0.25) is 0 Å². The molecule has 2 heterocycles. The van der Waals surface area contributed by atoms with E-state index in [1.165, 1.54) is 0 Å². The maximum absolute atomic E-state index is 12.4. The van der Waals surface area contributed by atoms with Crippen LogP contribution in [0.25, 0.3) is 0 Å². The topological polar surface area (TPSA) is 486 Å². The van der Waals surface area contributed by atoms with Crippen LogP contribution in [0.15, 0.2) is 0 Å². The molecule has 0 amide bonds. The fourth-order valence-electron chi connectivity index (χ4n) is 3.42. The lowest BCUT2D eigenvalue weighted by Gasteiger charge is -2.28. The Bertz CT molecular complexity index is 1490. The summed E-state index contributed by atoms with van der Waals surface area (Å²) in [5.74, 6) is -2.73. The summed E-state index contributed by atoms with van der Waals surface area (Å²) in [5.41, 5.74) is 3.44. The molecule has 8 unspecified atom stereocenters. The summed E-state index contributed by atoms with van der Waals surface area (Å²) < 4.78 is 48.1. The van der Waals surface area contributed by atoms with Crippen molar-refractivity contribution in [1.82, 2.24) is 19.9 Å². The molecule has 2 aromatic heterocycles. The first kappa shape index (κ1) is 49.2. The molecule has 0 aliphatic heterocycles. The zero-order chi connectivity index (χ0) is 45.2. The Morgan fingerprint density at radius 2 is 1.02 bits per heavy atom. The average Bonchev–Trinajstić information content (AvgIpc) is 3.20. The second-order valence-electron chi connectivity index (χ2n) is 10.9. The molecule has 0 radical (unpaired) electrons. The van der Waals surface area contributed by atoms with Gasteiger partial charge in [0.15, 0.2) is 20.7 Å². The average molecular weight is 872 g/mol. The number of halogens is 4. The van der Waals surface area contributed by atoms with Crippen molar-refractivity contribution in [2.24, 2.45) is 0 Å². The van der Waals surface area contributed by atoms with Crippen LogP contribution in [0.2, 0.25) is 12.9 Å². The lowest BCUT2D eigenvalue weighted by molar-refractivity contribution is -0.190. The molecule has 326 valence electrons. The van der Waals surface area contributed by atoms with Crippen LogP contribution in [0.3, 0.4) is 0 Å². The number of nitrogen functional groups attached to an aromatic ring is 2. The summed E-state index contributed by atoms with van der Waals surface area (Å²) in [6, 6.07) is -0.825. The maximum atomic E-state index is 12.4. The highest BCUT2D eigenvalue weighted by molar-refractivity contribution is 6.34. The molecule has 2 rings (SSSR count). The van der Waals surface area contributed by atoms with Gasteiger partial charge in [-0.05, 0) is 0 Å². The van der Waals surface area contributed by atoms with E-state index in [2.05, 4.69) is 19.9 Å². The standard InChI is InChI=1S/C16H28ClN3O13.C6H14O7.C4H2ClF2N3/c17-8-13(18)19-16(33-15(31)12(30)11(29)10(28)6(25)3-22)20-14(8)32-7(26)1-4(23)9(27)5(24)2-21;7-1-2(8)3(9)4(10)5(11)6(12)13;5-1-2(6)9-4(7)10-3(1)8/h4-7,9-12,15,21-31H,1-3H2,(H2,18,19,20);2-13H,1H2;(H2,8,9,10)/t4?,5?,6?,7?,9-,10+,11+,12?,15?;2?,3-,4-,5?;/m00./s1/i/hD2. The minimum absolute atomic E-state index is 0.392. The molecular formula is C26H44Cl2F2N6O20. The third-order valence-electron chi connectivity index (χ3n) is 6.64. The third-order valence-corrected chi connectivity index (χ3v) is 7.31. The van der Waals surface area contributed by atoms with Gasteiger partial charge in [0.2, 0.25) is 24.4 Å². The Morgan fingerprint density at radius 3 is 1.48 bits per heavy atom. The molecule has 0 saturated carbocycles. The zero-order valence-electron chi connectivity index (χ0n) is 30.1. The summed E-state index contributed by atoms with van der Waals surface area (Å²) in [4.78, 5) is 12.9. The predicted molar refractivity (Wildman–Crippen MR) is 176 cm³/mol. The number of aliphatic hydroxyl groups excluding tert-OH is 17. The number of aliphatic hydroxyl groups is 18. The van der Waals surface area contributed by atoms with E-state index in [9.17, 15) is 54.7 Å². The molecule has 22 N–H and O–H groups in total. The lowest BCUT2D eigenvalue weighted by atomic mass is 10.0. The molecule has 2 aromatic rings. The summed E-state index contributed by atoms with van der Waals surface area (Å²) in [5, 5.41) is 164. The number of hydrogen-bond donors (Lipinski definition) is 20. The van der Waals surface area contributed by atoms with Gasteiger partial charge < -0.3 is 113 Å². The Morgan fingerprint density at radius 1 is 0.554 bits per heavy atom. The molecule has 0 bridgehead atoms. The van der Waals surface area contributed by atoms with Gasteiger partial charge >= 0.3 is 12.1 Å². The normalized spacial score (nSPS) is 18.9. The van der Waals surface area contributed by atoms with E-state index in [0.717, 1.165) is 0 Å². The molecular weight excluding hydrogens is 825 g/mol. The molecule has 0 spiro atoms. The first-order valence-corrected chi connectivity index (χ1v) is 15.9. The molecule has 0 aliphatic carbocycles. The van der Waals surface area contributed by atoms with Crippen LogP contribution in [0, 0.1) is 12.0 Å². The highest BCUT2D eigenvalue weighted by Gasteiger charge is 2.36. The van der Waals surface area contributed by atoms with Crippen LogP contribution in [-0.4, -0.2) is 218 Å².